The average Bonchev–Trinajstić information content (AvgIpc) is 2.53. The van der Waals surface area contributed by atoms with Gasteiger partial charge in [-0.2, -0.15) is 0 Å². The first kappa shape index (κ1) is 10.7. The van der Waals surface area contributed by atoms with Crippen LogP contribution in [-0.4, -0.2) is 18.8 Å². The third-order valence-corrected chi connectivity index (χ3v) is 2.69. The second kappa shape index (κ2) is 5.40. The van der Waals surface area contributed by atoms with Gasteiger partial charge in [0.25, 0.3) is 0 Å². The molecule has 0 aromatic heterocycles. The lowest BCUT2D eigenvalue weighted by Crippen LogP contribution is -2.41. The Morgan fingerprint density at radius 1 is 1.38 bits per heavy atom. The van der Waals surface area contributed by atoms with E-state index in [0.29, 0.717) is 0 Å². The van der Waals surface area contributed by atoms with Crippen LogP contribution in [0, 0.1) is 0 Å². The van der Waals surface area contributed by atoms with Gasteiger partial charge in [0.2, 0.25) is 0 Å². The van der Waals surface area contributed by atoms with Gasteiger partial charge in [-0.3, -0.25) is 0 Å². The van der Waals surface area contributed by atoms with E-state index < -0.39 is 0 Å². The first-order chi connectivity index (χ1) is 6.27. The minimum atomic E-state index is -0.00577. The fourth-order valence-corrected chi connectivity index (χ4v) is 1.83. The highest BCUT2D eigenvalue weighted by Gasteiger charge is 2.29. The largest absolute Gasteiger partial charge is 0.380 e. The third kappa shape index (κ3) is 3.92. The lowest BCUT2D eigenvalue weighted by atomic mass is 10.0. The Labute approximate surface area is 81.1 Å². The highest BCUT2D eigenvalue weighted by molar-refractivity contribution is 4.88. The standard InChI is InChI=1S/C11H21NO/c1-2-3-6-9-13-10-11(12)7-4-5-8-11/h2H,1,3-10,12H2. The summed E-state index contributed by atoms with van der Waals surface area (Å²) < 4.78 is 5.55. The number of hydrogen-bond acceptors (Lipinski definition) is 2. The average molecular weight is 183 g/mol. The van der Waals surface area contributed by atoms with Crippen LogP contribution in [0.5, 0.6) is 0 Å². The first-order valence-electron chi connectivity index (χ1n) is 5.24. The molecule has 0 heterocycles. The third-order valence-electron chi connectivity index (χ3n) is 2.69. The number of allylic oxidation sites excluding steroid dienone is 1. The molecule has 1 aliphatic carbocycles. The molecule has 1 aliphatic rings. The van der Waals surface area contributed by atoms with E-state index in [1.165, 1.54) is 12.8 Å². The van der Waals surface area contributed by atoms with E-state index >= 15 is 0 Å². The van der Waals surface area contributed by atoms with E-state index in [9.17, 15) is 0 Å². The van der Waals surface area contributed by atoms with Crippen molar-refractivity contribution in [2.75, 3.05) is 13.2 Å². The SMILES string of the molecule is C=CCCCOCC1(N)CCCC1. The van der Waals surface area contributed by atoms with Gasteiger partial charge in [-0.15, -0.1) is 6.58 Å². The van der Waals surface area contributed by atoms with Gasteiger partial charge in [-0.25, -0.2) is 0 Å². The van der Waals surface area contributed by atoms with Crippen molar-refractivity contribution in [3.8, 4) is 0 Å². The maximum atomic E-state index is 6.13. The molecule has 1 saturated carbocycles. The fourth-order valence-electron chi connectivity index (χ4n) is 1.83. The summed E-state index contributed by atoms with van der Waals surface area (Å²) in [6, 6.07) is 0. The van der Waals surface area contributed by atoms with Gasteiger partial charge in [0.05, 0.1) is 6.61 Å². The van der Waals surface area contributed by atoms with Crippen LogP contribution >= 0.6 is 0 Å². The normalized spacial score (nSPS) is 20.4. The minimum Gasteiger partial charge on any atom is -0.380 e. The predicted molar refractivity (Wildman–Crippen MR) is 55.6 cm³/mol. The van der Waals surface area contributed by atoms with Gasteiger partial charge in [0, 0.05) is 12.1 Å². The molecule has 0 aromatic carbocycles. The van der Waals surface area contributed by atoms with E-state index in [-0.39, 0.29) is 5.54 Å². The molecular weight excluding hydrogens is 162 g/mol. The van der Waals surface area contributed by atoms with Crippen LogP contribution in [0.2, 0.25) is 0 Å². The highest BCUT2D eigenvalue weighted by atomic mass is 16.5. The van der Waals surface area contributed by atoms with Crippen molar-refractivity contribution < 1.29 is 4.74 Å². The molecule has 0 unspecified atom stereocenters. The molecule has 2 heteroatoms. The lowest BCUT2D eigenvalue weighted by Gasteiger charge is -2.22. The summed E-state index contributed by atoms with van der Waals surface area (Å²) in [5.74, 6) is 0. The maximum Gasteiger partial charge on any atom is 0.0646 e. The molecule has 0 aromatic rings. The quantitative estimate of drug-likeness (QED) is 0.506. The zero-order valence-electron chi connectivity index (χ0n) is 8.43. The van der Waals surface area contributed by atoms with Crippen molar-refractivity contribution in [1.29, 1.82) is 0 Å². The Morgan fingerprint density at radius 3 is 2.69 bits per heavy atom. The van der Waals surface area contributed by atoms with Crippen molar-refractivity contribution in [2.24, 2.45) is 5.73 Å². The zero-order valence-corrected chi connectivity index (χ0v) is 8.43. The van der Waals surface area contributed by atoms with Crippen molar-refractivity contribution in [2.45, 2.75) is 44.1 Å². The van der Waals surface area contributed by atoms with Crippen molar-refractivity contribution in [1.82, 2.24) is 0 Å². The van der Waals surface area contributed by atoms with Gasteiger partial charge >= 0.3 is 0 Å². The van der Waals surface area contributed by atoms with Gasteiger partial charge in [-0.05, 0) is 25.7 Å². The molecule has 2 nitrogen and oxygen atoms in total. The summed E-state index contributed by atoms with van der Waals surface area (Å²) in [5.41, 5.74) is 6.12. The van der Waals surface area contributed by atoms with Crippen LogP contribution in [0.3, 0.4) is 0 Å². The summed E-state index contributed by atoms with van der Waals surface area (Å²) in [4.78, 5) is 0. The summed E-state index contributed by atoms with van der Waals surface area (Å²) >= 11 is 0. The molecule has 0 aliphatic heterocycles. The van der Waals surface area contributed by atoms with E-state index in [4.69, 9.17) is 10.5 Å². The van der Waals surface area contributed by atoms with E-state index in [0.717, 1.165) is 38.9 Å². The van der Waals surface area contributed by atoms with E-state index in [1.807, 2.05) is 6.08 Å². The van der Waals surface area contributed by atoms with Crippen molar-refractivity contribution in [3.05, 3.63) is 12.7 Å². The smallest absolute Gasteiger partial charge is 0.0646 e. The zero-order chi connectivity index (χ0) is 9.57. The molecule has 0 radical (unpaired) electrons. The van der Waals surface area contributed by atoms with Crippen LogP contribution in [-0.2, 0) is 4.74 Å². The maximum absolute atomic E-state index is 6.13. The molecule has 76 valence electrons. The number of rotatable bonds is 6. The van der Waals surface area contributed by atoms with Gasteiger partial charge in [0.15, 0.2) is 0 Å². The number of ether oxygens (including phenoxy) is 1. The van der Waals surface area contributed by atoms with Crippen LogP contribution in [0.25, 0.3) is 0 Å². The lowest BCUT2D eigenvalue weighted by molar-refractivity contribution is 0.0855. The van der Waals surface area contributed by atoms with E-state index in [2.05, 4.69) is 6.58 Å². The number of unbranched alkanes of at least 4 members (excludes halogenated alkanes) is 1. The Balaban J connectivity index is 2.01. The Kier molecular flexibility index (Phi) is 4.46. The van der Waals surface area contributed by atoms with Crippen LogP contribution in [0.4, 0.5) is 0 Å². The van der Waals surface area contributed by atoms with Crippen molar-refractivity contribution in [3.63, 3.8) is 0 Å². The summed E-state index contributed by atoms with van der Waals surface area (Å²) in [5, 5.41) is 0. The summed E-state index contributed by atoms with van der Waals surface area (Å²) in [6.45, 7) is 5.23. The van der Waals surface area contributed by atoms with Crippen LogP contribution in [0.1, 0.15) is 38.5 Å². The summed E-state index contributed by atoms with van der Waals surface area (Å²) in [6.07, 6.45) is 8.84. The molecule has 0 saturated heterocycles. The van der Waals surface area contributed by atoms with Gasteiger partial charge < -0.3 is 10.5 Å². The molecule has 0 amide bonds. The Bertz CT molecular complexity index is 150. The minimum absolute atomic E-state index is 0.00577. The molecule has 1 fully saturated rings. The topological polar surface area (TPSA) is 35.2 Å². The fraction of sp³-hybridized carbons (Fsp3) is 0.818. The van der Waals surface area contributed by atoms with Gasteiger partial charge in [0.1, 0.15) is 0 Å². The van der Waals surface area contributed by atoms with Gasteiger partial charge in [-0.1, -0.05) is 18.9 Å². The molecule has 0 atom stereocenters. The number of hydrogen-bond donors (Lipinski definition) is 1. The molecular formula is C11H21NO. The second-order valence-electron chi connectivity index (χ2n) is 4.05. The monoisotopic (exact) mass is 183 g/mol. The predicted octanol–water partition coefficient (Wildman–Crippen LogP) is 2.24. The molecule has 13 heavy (non-hydrogen) atoms. The molecule has 2 N–H and O–H groups in total. The molecule has 1 rings (SSSR count). The molecule has 0 spiro atoms. The Morgan fingerprint density at radius 2 is 2.08 bits per heavy atom. The Hall–Kier alpha value is -0.340. The summed E-state index contributed by atoms with van der Waals surface area (Å²) in [7, 11) is 0. The number of nitrogens with two attached hydrogens (primary N) is 1. The first-order valence-corrected chi connectivity index (χ1v) is 5.24. The van der Waals surface area contributed by atoms with Crippen LogP contribution < -0.4 is 5.73 Å². The highest BCUT2D eigenvalue weighted by Crippen LogP contribution is 2.27. The molecule has 0 bridgehead atoms. The van der Waals surface area contributed by atoms with E-state index in [1.54, 1.807) is 0 Å². The second-order valence-corrected chi connectivity index (χ2v) is 4.05. The van der Waals surface area contributed by atoms with Crippen LogP contribution in [0.15, 0.2) is 12.7 Å². The van der Waals surface area contributed by atoms with Crippen molar-refractivity contribution >= 4 is 0 Å².